The third kappa shape index (κ3) is 2.38. The second-order valence-corrected chi connectivity index (χ2v) is 4.23. The molecule has 0 spiro atoms. The Hall–Kier alpha value is -2.21. The molecular formula is C11H13ClN6. The van der Waals surface area contributed by atoms with Crippen LogP contribution in [0.4, 0.5) is 29.0 Å². The van der Waals surface area contributed by atoms with E-state index in [0.29, 0.717) is 10.8 Å². The van der Waals surface area contributed by atoms with E-state index >= 15 is 0 Å². The van der Waals surface area contributed by atoms with Crippen molar-refractivity contribution in [3.63, 3.8) is 0 Å². The summed E-state index contributed by atoms with van der Waals surface area (Å²) in [5, 5.41) is 3.65. The van der Waals surface area contributed by atoms with Gasteiger partial charge in [0, 0.05) is 10.7 Å². The van der Waals surface area contributed by atoms with Gasteiger partial charge in [-0.05, 0) is 24.6 Å². The standard InChI is InChI=1S/C11H13ClN6/c1-5-2-3-6(4-7(5)12)16-10-8(13)9(14)17-11(15)18-10/h2-4H,13H2,1H3,(H5,14,15,16,17,18). The average molecular weight is 265 g/mol. The van der Waals surface area contributed by atoms with Crippen molar-refractivity contribution < 1.29 is 0 Å². The maximum atomic E-state index is 6.03. The summed E-state index contributed by atoms with van der Waals surface area (Å²) in [6.45, 7) is 1.92. The Labute approximate surface area is 109 Å². The van der Waals surface area contributed by atoms with Crippen LogP contribution in [-0.4, -0.2) is 9.97 Å². The van der Waals surface area contributed by atoms with E-state index in [9.17, 15) is 0 Å². The quantitative estimate of drug-likeness (QED) is 0.659. The van der Waals surface area contributed by atoms with Crippen LogP contribution in [-0.2, 0) is 0 Å². The number of aromatic nitrogens is 2. The zero-order chi connectivity index (χ0) is 13.3. The number of hydrogen-bond acceptors (Lipinski definition) is 6. The fourth-order valence-electron chi connectivity index (χ4n) is 1.41. The number of benzene rings is 1. The van der Waals surface area contributed by atoms with Crippen LogP contribution in [0.15, 0.2) is 18.2 Å². The van der Waals surface area contributed by atoms with Crippen LogP contribution in [0.25, 0.3) is 0 Å². The monoisotopic (exact) mass is 264 g/mol. The predicted octanol–water partition coefficient (Wildman–Crippen LogP) is 1.93. The van der Waals surface area contributed by atoms with Crippen molar-refractivity contribution >= 4 is 40.6 Å². The largest absolute Gasteiger partial charge is 0.393 e. The highest BCUT2D eigenvalue weighted by molar-refractivity contribution is 6.31. The van der Waals surface area contributed by atoms with E-state index in [2.05, 4.69) is 15.3 Å². The van der Waals surface area contributed by atoms with Gasteiger partial charge in [0.1, 0.15) is 5.69 Å². The van der Waals surface area contributed by atoms with Crippen molar-refractivity contribution in [2.75, 3.05) is 22.5 Å². The van der Waals surface area contributed by atoms with Gasteiger partial charge in [0.15, 0.2) is 11.6 Å². The molecule has 0 atom stereocenters. The molecule has 18 heavy (non-hydrogen) atoms. The summed E-state index contributed by atoms with van der Waals surface area (Å²) in [4.78, 5) is 7.75. The molecule has 0 aliphatic carbocycles. The lowest BCUT2D eigenvalue weighted by atomic mass is 10.2. The molecule has 2 rings (SSSR count). The van der Waals surface area contributed by atoms with Crippen molar-refractivity contribution in [2.24, 2.45) is 0 Å². The van der Waals surface area contributed by atoms with Gasteiger partial charge in [-0.15, -0.1) is 0 Å². The first-order valence-electron chi connectivity index (χ1n) is 5.19. The van der Waals surface area contributed by atoms with E-state index < -0.39 is 0 Å². The molecule has 1 heterocycles. The van der Waals surface area contributed by atoms with E-state index in [1.165, 1.54) is 0 Å². The average Bonchev–Trinajstić information content (AvgIpc) is 2.30. The van der Waals surface area contributed by atoms with Crippen LogP contribution >= 0.6 is 11.6 Å². The molecule has 0 fully saturated rings. The minimum atomic E-state index is 0.0578. The third-order valence-corrected chi connectivity index (χ3v) is 2.83. The maximum absolute atomic E-state index is 6.03. The van der Waals surface area contributed by atoms with Gasteiger partial charge in [0.25, 0.3) is 0 Å². The highest BCUT2D eigenvalue weighted by atomic mass is 35.5. The Bertz CT molecular complexity index is 598. The molecule has 0 bridgehead atoms. The number of anilines is 5. The van der Waals surface area contributed by atoms with Crippen molar-refractivity contribution in [3.05, 3.63) is 28.8 Å². The molecular weight excluding hydrogens is 252 g/mol. The van der Waals surface area contributed by atoms with Crippen molar-refractivity contribution in [2.45, 2.75) is 6.92 Å². The zero-order valence-corrected chi connectivity index (χ0v) is 10.5. The molecule has 0 unspecified atom stereocenters. The van der Waals surface area contributed by atoms with Crippen molar-refractivity contribution in [1.29, 1.82) is 0 Å². The summed E-state index contributed by atoms with van der Waals surface area (Å²) in [5.74, 6) is 0.561. The fraction of sp³-hybridized carbons (Fsp3) is 0.0909. The minimum Gasteiger partial charge on any atom is -0.393 e. The second kappa shape index (κ2) is 4.58. The van der Waals surface area contributed by atoms with E-state index in [1.54, 1.807) is 6.07 Å². The van der Waals surface area contributed by atoms with Gasteiger partial charge in [-0.1, -0.05) is 17.7 Å². The van der Waals surface area contributed by atoms with Crippen LogP contribution in [0.3, 0.4) is 0 Å². The van der Waals surface area contributed by atoms with Crippen LogP contribution < -0.4 is 22.5 Å². The fourth-order valence-corrected chi connectivity index (χ4v) is 1.59. The highest BCUT2D eigenvalue weighted by Gasteiger charge is 2.08. The second-order valence-electron chi connectivity index (χ2n) is 3.82. The normalized spacial score (nSPS) is 10.3. The van der Waals surface area contributed by atoms with Gasteiger partial charge >= 0.3 is 0 Å². The number of nitrogens with zero attached hydrogens (tertiary/aromatic N) is 2. The molecule has 0 radical (unpaired) electrons. The van der Waals surface area contributed by atoms with Crippen LogP contribution in [0.1, 0.15) is 5.56 Å². The molecule has 1 aromatic carbocycles. The molecule has 7 heteroatoms. The summed E-state index contributed by atoms with van der Waals surface area (Å²) in [6.07, 6.45) is 0. The van der Waals surface area contributed by atoms with E-state index in [4.69, 9.17) is 28.8 Å². The maximum Gasteiger partial charge on any atom is 0.224 e. The van der Waals surface area contributed by atoms with E-state index in [1.807, 2.05) is 19.1 Å². The molecule has 6 nitrogen and oxygen atoms in total. The number of nitrogen functional groups attached to an aromatic ring is 3. The molecule has 7 N–H and O–H groups in total. The number of rotatable bonds is 2. The van der Waals surface area contributed by atoms with E-state index in [0.717, 1.165) is 11.3 Å². The Morgan fingerprint density at radius 1 is 1.17 bits per heavy atom. The number of aryl methyl sites for hydroxylation is 1. The number of nitrogens with one attached hydrogen (secondary N) is 1. The lowest BCUT2D eigenvalue weighted by Crippen LogP contribution is -2.08. The lowest BCUT2D eigenvalue weighted by molar-refractivity contribution is 1.20. The summed E-state index contributed by atoms with van der Waals surface area (Å²) in [5.41, 5.74) is 18.9. The molecule has 0 saturated carbocycles. The van der Waals surface area contributed by atoms with Gasteiger partial charge in [-0.25, -0.2) is 0 Å². The smallest absolute Gasteiger partial charge is 0.224 e. The highest BCUT2D eigenvalue weighted by Crippen LogP contribution is 2.27. The molecule has 94 valence electrons. The summed E-state index contributed by atoms with van der Waals surface area (Å²) in [6, 6.07) is 5.51. The van der Waals surface area contributed by atoms with E-state index in [-0.39, 0.29) is 17.5 Å². The van der Waals surface area contributed by atoms with Gasteiger partial charge in [0.2, 0.25) is 5.95 Å². The minimum absolute atomic E-state index is 0.0578. The molecule has 2 aromatic rings. The Kier molecular flexibility index (Phi) is 3.12. The zero-order valence-electron chi connectivity index (χ0n) is 9.74. The van der Waals surface area contributed by atoms with Gasteiger partial charge in [-0.3, -0.25) is 0 Å². The van der Waals surface area contributed by atoms with Gasteiger partial charge in [-0.2, -0.15) is 9.97 Å². The van der Waals surface area contributed by atoms with Gasteiger partial charge in [0.05, 0.1) is 0 Å². The van der Waals surface area contributed by atoms with Crippen LogP contribution in [0.5, 0.6) is 0 Å². The molecule has 0 aliphatic rings. The van der Waals surface area contributed by atoms with Crippen LogP contribution in [0, 0.1) is 6.92 Å². The Balaban J connectivity index is 2.36. The number of halogens is 1. The van der Waals surface area contributed by atoms with Crippen LogP contribution in [0.2, 0.25) is 5.02 Å². The number of hydrogen-bond donors (Lipinski definition) is 4. The Morgan fingerprint density at radius 3 is 2.56 bits per heavy atom. The molecule has 1 aromatic heterocycles. The molecule has 0 aliphatic heterocycles. The first kappa shape index (κ1) is 12.3. The van der Waals surface area contributed by atoms with Crippen molar-refractivity contribution in [1.82, 2.24) is 9.97 Å². The third-order valence-electron chi connectivity index (χ3n) is 2.43. The first-order valence-corrected chi connectivity index (χ1v) is 5.57. The SMILES string of the molecule is Cc1ccc(Nc2nc(N)nc(N)c2N)cc1Cl. The summed E-state index contributed by atoms with van der Waals surface area (Å²) >= 11 is 6.03. The molecule has 0 saturated heterocycles. The summed E-state index contributed by atoms with van der Waals surface area (Å²) < 4.78 is 0. The van der Waals surface area contributed by atoms with Crippen molar-refractivity contribution in [3.8, 4) is 0 Å². The first-order chi connectivity index (χ1) is 8.47. The van der Waals surface area contributed by atoms with Gasteiger partial charge < -0.3 is 22.5 Å². The number of nitrogens with two attached hydrogens (primary N) is 3. The Morgan fingerprint density at radius 2 is 1.89 bits per heavy atom. The topological polar surface area (TPSA) is 116 Å². The predicted molar refractivity (Wildman–Crippen MR) is 74.7 cm³/mol. The summed E-state index contributed by atoms with van der Waals surface area (Å²) in [7, 11) is 0. The molecule has 0 amide bonds. The lowest BCUT2D eigenvalue weighted by Gasteiger charge is -2.11.